The van der Waals surface area contributed by atoms with Gasteiger partial charge in [0, 0.05) is 0 Å². The lowest BCUT2D eigenvalue weighted by atomic mass is 9.74. The molecular formula is C15H28O4S. The van der Waals surface area contributed by atoms with Crippen LogP contribution in [0.15, 0.2) is 11.8 Å². The maximum atomic E-state index is 11.4. The van der Waals surface area contributed by atoms with E-state index in [1.165, 1.54) is 0 Å². The van der Waals surface area contributed by atoms with Crippen LogP contribution in [0.25, 0.3) is 0 Å². The minimum atomic E-state index is -3.40. The fraction of sp³-hybridized carbons (Fsp3) is 0.867. The Hall–Kier alpha value is -0.550. The van der Waals surface area contributed by atoms with Gasteiger partial charge < -0.3 is 5.11 Å². The third-order valence-corrected chi connectivity index (χ3v) is 4.79. The van der Waals surface area contributed by atoms with Crippen molar-refractivity contribution in [3.63, 3.8) is 0 Å². The van der Waals surface area contributed by atoms with E-state index in [0.29, 0.717) is 17.6 Å². The van der Waals surface area contributed by atoms with Gasteiger partial charge in [0.15, 0.2) is 0 Å². The van der Waals surface area contributed by atoms with E-state index in [9.17, 15) is 13.5 Å². The number of hydrogen-bond acceptors (Lipinski definition) is 4. The molecule has 0 aromatic carbocycles. The summed E-state index contributed by atoms with van der Waals surface area (Å²) in [5, 5.41) is 9.17. The first-order valence-electron chi connectivity index (χ1n) is 7.43. The van der Waals surface area contributed by atoms with Crippen molar-refractivity contribution in [3.05, 3.63) is 11.8 Å². The number of aliphatic hydroxyl groups is 1. The smallest absolute Gasteiger partial charge is 0.264 e. The van der Waals surface area contributed by atoms with Crippen LogP contribution in [0.2, 0.25) is 0 Å². The normalized spacial score (nSPS) is 30.2. The molecule has 1 fully saturated rings. The summed E-state index contributed by atoms with van der Waals surface area (Å²) in [5.41, 5.74) is 0. The van der Waals surface area contributed by atoms with Gasteiger partial charge in [0.2, 0.25) is 0 Å². The molecule has 0 aliphatic heterocycles. The van der Waals surface area contributed by atoms with E-state index < -0.39 is 10.1 Å². The van der Waals surface area contributed by atoms with E-state index in [2.05, 4.69) is 13.8 Å². The Bertz CT molecular complexity index is 423. The maximum Gasteiger partial charge on any atom is 0.264 e. The molecule has 1 aliphatic carbocycles. The van der Waals surface area contributed by atoms with E-state index >= 15 is 0 Å². The van der Waals surface area contributed by atoms with Crippen LogP contribution in [0.3, 0.4) is 0 Å². The Morgan fingerprint density at radius 1 is 1.45 bits per heavy atom. The molecule has 2 unspecified atom stereocenters. The first-order chi connectivity index (χ1) is 9.19. The van der Waals surface area contributed by atoms with E-state index in [1.807, 2.05) is 6.08 Å². The minimum Gasteiger partial charge on any atom is -0.513 e. The molecule has 0 heterocycles. The van der Waals surface area contributed by atoms with Crippen LogP contribution in [-0.4, -0.2) is 25.9 Å². The number of allylic oxidation sites excluding steroid dienone is 2. The molecule has 0 saturated heterocycles. The quantitative estimate of drug-likeness (QED) is 0.601. The molecule has 1 rings (SSSR count). The molecule has 1 saturated carbocycles. The second-order valence-corrected chi connectivity index (χ2v) is 7.92. The van der Waals surface area contributed by atoms with Crippen LogP contribution >= 0.6 is 0 Å². The zero-order valence-electron chi connectivity index (χ0n) is 13.0. The zero-order valence-corrected chi connectivity index (χ0v) is 13.8. The Labute approximate surface area is 123 Å². The van der Waals surface area contributed by atoms with Crippen molar-refractivity contribution in [2.75, 3.05) is 6.26 Å². The van der Waals surface area contributed by atoms with Gasteiger partial charge in [0.1, 0.15) is 0 Å². The van der Waals surface area contributed by atoms with Gasteiger partial charge >= 0.3 is 0 Å². The number of hydrogen-bond donors (Lipinski definition) is 1. The molecule has 4 nitrogen and oxygen atoms in total. The average Bonchev–Trinajstić information content (AvgIpc) is 2.25. The molecule has 0 radical (unpaired) electrons. The molecule has 0 aromatic heterocycles. The molecule has 118 valence electrons. The van der Waals surface area contributed by atoms with Crippen molar-refractivity contribution in [2.24, 2.45) is 17.8 Å². The fourth-order valence-corrected chi connectivity index (χ4v) is 3.78. The van der Waals surface area contributed by atoms with Crippen molar-refractivity contribution in [2.45, 2.75) is 59.0 Å². The first kappa shape index (κ1) is 17.5. The third kappa shape index (κ3) is 6.27. The minimum absolute atomic E-state index is 0.192. The Kier molecular flexibility index (Phi) is 6.52. The van der Waals surface area contributed by atoms with E-state index in [-0.39, 0.29) is 12.0 Å². The van der Waals surface area contributed by atoms with Crippen LogP contribution in [0, 0.1) is 17.8 Å². The summed E-state index contributed by atoms with van der Waals surface area (Å²) in [6.07, 6.45) is 7.49. The molecule has 1 N–H and O–H groups in total. The van der Waals surface area contributed by atoms with Gasteiger partial charge in [0.05, 0.1) is 18.1 Å². The van der Waals surface area contributed by atoms with Crippen molar-refractivity contribution in [3.8, 4) is 0 Å². The number of aliphatic hydroxyl groups excluding tert-OH is 1. The first-order valence-corrected chi connectivity index (χ1v) is 9.24. The summed E-state index contributed by atoms with van der Waals surface area (Å²) in [5.74, 6) is 1.54. The summed E-state index contributed by atoms with van der Waals surface area (Å²) in [6, 6.07) is 0. The lowest BCUT2D eigenvalue weighted by Crippen LogP contribution is -2.36. The predicted molar refractivity (Wildman–Crippen MR) is 81.0 cm³/mol. The monoisotopic (exact) mass is 304 g/mol. The van der Waals surface area contributed by atoms with Crippen LogP contribution < -0.4 is 0 Å². The van der Waals surface area contributed by atoms with Gasteiger partial charge in [-0.25, -0.2) is 0 Å². The molecule has 1 aliphatic rings. The van der Waals surface area contributed by atoms with Gasteiger partial charge in [-0.15, -0.1) is 0 Å². The van der Waals surface area contributed by atoms with Crippen LogP contribution in [0.1, 0.15) is 52.9 Å². The largest absolute Gasteiger partial charge is 0.513 e. The van der Waals surface area contributed by atoms with Crippen LogP contribution in [0.5, 0.6) is 0 Å². The molecule has 0 spiro atoms. The summed E-state index contributed by atoms with van der Waals surface area (Å²) >= 11 is 0. The maximum absolute atomic E-state index is 11.4. The SMILES string of the molecule is C/C(O)=C/CCC(C)C1CC[C@@H](C)C[C@@H]1OS(C)(=O)=O. The highest BCUT2D eigenvalue weighted by atomic mass is 32.2. The second kappa shape index (κ2) is 7.46. The third-order valence-electron chi connectivity index (χ3n) is 4.20. The van der Waals surface area contributed by atoms with Gasteiger partial charge in [-0.3, -0.25) is 4.18 Å². The summed E-state index contributed by atoms with van der Waals surface area (Å²) in [7, 11) is -3.40. The topological polar surface area (TPSA) is 63.6 Å². The lowest BCUT2D eigenvalue weighted by molar-refractivity contribution is 0.0454. The molecule has 0 aromatic rings. The summed E-state index contributed by atoms with van der Waals surface area (Å²) in [4.78, 5) is 0. The van der Waals surface area contributed by atoms with Crippen molar-refractivity contribution >= 4 is 10.1 Å². The highest BCUT2D eigenvalue weighted by Crippen LogP contribution is 2.37. The fourth-order valence-electron chi connectivity index (χ4n) is 3.11. The highest BCUT2D eigenvalue weighted by Gasteiger charge is 2.34. The van der Waals surface area contributed by atoms with Gasteiger partial charge in [-0.05, 0) is 56.4 Å². The lowest BCUT2D eigenvalue weighted by Gasteiger charge is -2.37. The second-order valence-electron chi connectivity index (χ2n) is 6.32. The van der Waals surface area contributed by atoms with E-state index in [1.54, 1.807) is 6.92 Å². The zero-order chi connectivity index (χ0) is 15.3. The molecular weight excluding hydrogens is 276 g/mol. The molecule has 5 heteroatoms. The Morgan fingerprint density at radius 2 is 2.10 bits per heavy atom. The Morgan fingerprint density at radius 3 is 2.65 bits per heavy atom. The summed E-state index contributed by atoms with van der Waals surface area (Å²) in [6.45, 7) is 5.97. The molecule has 4 atom stereocenters. The predicted octanol–water partition coefficient (Wildman–Crippen LogP) is 3.65. The van der Waals surface area contributed by atoms with E-state index in [4.69, 9.17) is 4.18 Å². The average molecular weight is 304 g/mol. The van der Waals surface area contributed by atoms with Gasteiger partial charge in [0.25, 0.3) is 10.1 Å². The van der Waals surface area contributed by atoms with Gasteiger partial charge in [-0.2, -0.15) is 8.42 Å². The van der Waals surface area contributed by atoms with Crippen molar-refractivity contribution in [1.29, 1.82) is 0 Å². The standard InChI is InChI=1S/C15H28O4S/c1-11-8-9-14(12(2)6-5-7-13(3)16)15(10-11)19-20(4,17)18/h7,11-12,14-16H,5-6,8-10H2,1-4H3/b13-7-/t11-,12?,14?,15+/m1/s1. The molecule has 0 bridgehead atoms. The molecule has 0 amide bonds. The molecule has 20 heavy (non-hydrogen) atoms. The van der Waals surface area contributed by atoms with Crippen molar-refractivity contribution < 1.29 is 17.7 Å². The van der Waals surface area contributed by atoms with Gasteiger partial charge in [-0.1, -0.05) is 20.3 Å². The summed E-state index contributed by atoms with van der Waals surface area (Å²) < 4.78 is 28.1. The van der Waals surface area contributed by atoms with Crippen molar-refractivity contribution in [1.82, 2.24) is 0 Å². The Balaban J connectivity index is 2.65. The van der Waals surface area contributed by atoms with Crippen LogP contribution in [0.4, 0.5) is 0 Å². The van der Waals surface area contributed by atoms with E-state index in [0.717, 1.165) is 38.4 Å². The highest BCUT2D eigenvalue weighted by molar-refractivity contribution is 7.86. The van der Waals surface area contributed by atoms with Crippen LogP contribution in [-0.2, 0) is 14.3 Å². The number of rotatable bonds is 6.